The van der Waals surface area contributed by atoms with E-state index in [1.807, 2.05) is 29.7 Å². The zero-order chi connectivity index (χ0) is 14.5. The van der Waals surface area contributed by atoms with Gasteiger partial charge in [0.2, 0.25) is 0 Å². The summed E-state index contributed by atoms with van der Waals surface area (Å²) in [6.45, 7) is 5.37. The molecular formula is C16H21N3O. The zero-order valence-corrected chi connectivity index (χ0v) is 12.0. The second kappa shape index (κ2) is 6.28. The van der Waals surface area contributed by atoms with Crippen LogP contribution in [0.1, 0.15) is 35.5 Å². The first kappa shape index (κ1) is 14.2. The number of aromatic nitrogens is 1. The summed E-state index contributed by atoms with van der Waals surface area (Å²) in [4.78, 5) is 12.2. The van der Waals surface area contributed by atoms with Gasteiger partial charge >= 0.3 is 0 Å². The van der Waals surface area contributed by atoms with Gasteiger partial charge in [-0.15, -0.1) is 0 Å². The third-order valence-electron chi connectivity index (χ3n) is 3.43. The van der Waals surface area contributed by atoms with E-state index >= 15 is 0 Å². The summed E-state index contributed by atoms with van der Waals surface area (Å²) in [5.41, 5.74) is 9.39. The minimum absolute atomic E-state index is 0.0885. The standard InChI is InChI=1S/C16H21N3O/c1-3-12-7-5-6-8-13(12)10-18-16(20)15-9-14(17)11-19(15)4-2/h5-9,11H,3-4,10,17H2,1-2H3,(H,18,20). The molecule has 0 aliphatic rings. The van der Waals surface area contributed by atoms with Gasteiger partial charge in [0.25, 0.3) is 5.91 Å². The Bertz CT molecular complexity index is 602. The van der Waals surface area contributed by atoms with E-state index in [0.29, 0.717) is 17.9 Å². The Labute approximate surface area is 119 Å². The average molecular weight is 271 g/mol. The summed E-state index contributed by atoms with van der Waals surface area (Å²) in [6.07, 6.45) is 2.75. The number of benzene rings is 1. The van der Waals surface area contributed by atoms with Crippen LogP contribution in [0.3, 0.4) is 0 Å². The molecule has 4 heteroatoms. The average Bonchev–Trinajstić information content (AvgIpc) is 2.86. The fourth-order valence-electron chi connectivity index (χ4n) is 2.33. The Morgan fingerprint density at radius 2 is 1.95 bits per heavy atom. The van der Waals surface area contributed by atoms with Crippen LogP contribution in [-0.4, -0.2) is 10.5 Å². The number of rotatable bonds is 5. The number of carbonyl (C=O) groups excluding carboxylic acids is 1. The summed E-state index contributed by atoms with van der Waals surface area (Å²) in [7, 11) is 0. The van der Waals surface area contributed by atoms with E-state index in [1.54, 1.807) is 12.3 Å². The Morgan fingerprint density at radius 3 is 2.60 bits per heavy atom. The summed E-state index contributed by atoms with van der Waals surface area (Å²) in [6, 6.07) is 9.87. The number of carbonyl (C=O) groups is 1. The van der Waals surface area contributed by atoms with Crippen molar-refractivity contribution in [3.63, 3.8) is 0 Å². The van der Waals surface area contributed by atoms with Crippen LogP contribution in [-0.2, 0) is 19.5 Å². The fourth-order valence-corrected chi connectivity index (χ4v) is 2.33. The molecule has 0 radical (unpaired) electrons. The number of aryl methyl sites for hydroxylation is 2. The van der Waals surface area contributed by atoms with Gasteiger partial charge in [0, 0.05) is 19.3 Å². The minimum atomic E-state index is -0.0885. The molecule has 1 amide bonds. The normalized spacial score (nSPS) is 10.5. The van der Waals surface area contributed by atoms with E-state index in [9.17, 15) is 4.79 Å². The molecule has 2 rings (SSSR count). The van der Waals surface area contributed by atoms with Crippen molar-refractivity contribution in [1.82, 2.24) is 9.88 Å². The maximum atomic E-state index is 12.2. The van der Waals surface area contributed by atoms with Gasteiger partial charge in [-0.1, -0.05) is 31.2 Å². The van der Waals surface area contributed by atoms with Crippen molar-refractivity contribution < 1.29 is 4.79 Å². The van der Waals surface area contributed by atoms with Crippen molar-refractivity contribution in [2.75, 3.05) is 5.73 Å². The molecule has 0 unspecified atom stereocenters. The highest BCUT2D eigenvalue weighted by molar-refractivity contribution is 5.93. The molecule has 0 atom stereocenters. The van der Waals surface area contributed by atoms with Gasteiger partial charge in [0.05, 0.1) is 5.69 Å². The van der Waals surface area contributed by atoms with Crippen LogP contribution in [0.4, 0.5) is 5.69 Å². The van der Waals surface area contributed by atoms with Gasteiger partial charge in [-0.05, 0) is 30.5 Å². The van der Waals surface area contributed by atoms with Gasteiger partial charge in [0.1, 0.15) is 5.69 Å². The third-order valence-corrected chi connectivity index (χ3v) is 3.43. The van der Waals surface area contributed by atoms with Gasteiger partial charge in [-0.3, -0.25) is 4.79 Å². The minimum Gasteiger partial charge on any atom is -0.397 e. The van der Waals surface area contributed by atoms with Crippen LogP contribution in [0, 0.1) is 0 Å². The molecule has 106 valence electrons. The first-order chi connectivity index (χ1) is 9.65. The van der Waals surface area contributed by atoms with Crippen LogP contribution in [0.2, 0.25) is 0 Å². The van der Waals surface area contributed by atoms with Gasteiger partial charge in [0.15, 0.2) is 0 Å². The fraction of sp³-hybridized carbons (Fsp3) is 0.312. The quantitative estimate of drug-likeness (QED) is 0.878. The number of nitrogens with two attached hydrogens (primary N) is 1. The lowest BCUT2D eigenvalue weighted by molar-refractivity contribution is 0.0941. The Hall–Kier alpha value is -2.23. The van der Waals surface area contributed by atoms with Crippen LogP contribution in [0.15, 0.2) is 36.5 Å². The van der Waals surface area contributed by atoms with Gasteiger partial charge < -0.3 is 15.6 Å². The molecule has 2 aromatic rings. The molecule has 4 nitrogen and oxygen atoms in total. The lowest BCUT2D eigenvalue weighted by Gasteiger charge is -2.10. The molecule has 0 saturated carbocycles. The molecule has 1 aromatic heterocycles. The van der Waals surface area contributed by atoms with Crippen molar-refractivity contribution in [2.45, 2.75) is 33.4 Å². The molecular weight excluding hydrogens is 250 g/mol. The smallest absolute Gasteiger partial charge is 0.268 e. The van der Waals surface area contributed by atoms with Gasteiger partial charge in [-0.2, -0.15) is 0 Å². The SMILES string of the molecule is CCc1ccccc1CNC(=O)c1cc(N)cn1CC. The van der Waals surface area contributed by atoms with E-state index in [2.05, 4.69) is 18.3 Å². The Morgan fingerprint density at radius 1 is 1.25 bits per heavy atom. The number of nitrogens with zero attached hydrogens (tertiary/aromatic N) is 1. The maximum absolute atomic E-state index is 12.2. The third kappa shape index (κ3) is 3.02. The number of hydrogen-bond donors (Lipinski definition) is 2. The highest BCUT2D eigenvalue weighted by Gasteiger charge is 2.12. The second-order valence-corrected chi connectivity index (χ2v) is 4.75. The Balaban J connectivity index is 2.08. The van der Waals surface area contributed by atoms with E-state index < -0.39 is 0 Å². The van der Waals surface area contributed by atoms with Crippen molar-refractivity contribution in [3.8, 4) is 0 Å². The lowest BCUT2D eigenvalue weighted by Crippen LogP contribution is -2.25. The maximum Gasteiger partial charge on any atom is 0.268 e. The van der Waals surface area contributed by atoms with Crippen molar-refractivity contribution in [3.05, 3.63) is 53.3 Å². The van der Waals surface area contributed by atoms with Crippen LogP contribution in [0.25, 0.3) is 0 Å². The van der Waals surface area contributed by atoms with E-state index in [1.165, 1.54) is 5.56 Å². The van der Waals surface area contributed by atoms with Crippen LogP contribution >= 0.6 is 0 Å². The molecule has 0 fully saturated rings. The summed E-state index contributed by atoms with van der Waals surface area (Å²) >= 11 is 0. The molecule has 20 heavy (non-hydrogen) atoms. The molecule has 1 heterocycles. The topological polar surface area (TPSA) is 60.1 Å². The Kier molecular flexibility index (Phi) is 4.45. The molecule has 0 saturated heterocycles. The summed E-state index contributed by atoms with van der Waals surface area (Å²) < 4.78 is 1.86. The van der Waals surface area contributed by atoms with E-state index in [-0.39, 0.29) is 5.91 Å². The highest BCUT2D eigenvalue weighted by atomic mass is 16.1. The highest BCUT2D eigenvalue weighted by Crippen LogP contribution is 2.12. The van der Waals surface area contributed by atoms with Crippen molar-refractivity contribution >= 4 is 11.6 Å². The monoisotopic (exact) mass is 271 g/mol. The molecule has 0 aliphatic heterocycles. The molecule has 3 N–H and O–H groups in total. The number of amides is 1. The molecule has 0 aliphatic carbocycles. The molecule has 0 bridgehead atoms. The first-order valence-corrected chi connectivity index (χ1v) is 6.96. The number of nitrogen functional groups attached to an aromatic ring is 1. The first-order valence-electron chi connectivity index (χ1n) is 6.96. The second-order valence-electron chi connectivity index (χ2n) is 4.75. The summed E-state index contributed by atoms with van der Waals surface area (Å²) in [5.74, 6) is -0.0885. The van der Waals surface area contributed by atoms with Gasteiger partial charge in [-0.25, -0.2) is 0 Å². The van der Waals surface area contributed by atoms with E-state index in [4.69, 9.17) is 5.73 Å². The van der Waals surface area contributed by atoms with Crippen LogP contribution < -0.4 is 11.1 Å². The van der Waals surface area contributed by atoms with Crippen molar-refractivity contribution in [2.24, 2.45) is 0 Å². The van der Waals surface area contributed by atoms with E-state index in [0.717, 1.165) is 18.5 Å². The largest absolute Gasteiger partial charge is 0.397 e. The number of nitrogens with one attached hydrogen (secondary N) is 1. The number of anilines is 1. The zero-order valence-electron chi connectivity index (χ0n) is 12.0. The lowest BCUT2D eigenvalue weighted by atomic mass is 10.1. The summed E-state index contributed by atoms with van der Waals surface area (Å²) in [5, 5.41) is 2.96. The van der Waals surface area contributed by atoms with Crippen molar-refractivity contribution in [1.29, 1.82) is 0 Å². The predicted molar refractivity (Wildman–Crippen MR) is 81.5 cm³/mol. The molecule has 0 spiro atoms. The molecule has 1 aromatic carbocycles. The predicted octanol–water partition coefficient (Wildman–Crippen LogP) is 2.58. The van der Waals surface area contributed by atoms with Crippen LogP contribution in [0.5, 0.6) is 0 Å². The number of hydrogen-bond acceptors (Lipinski definition) is 2.